The van der Waals surface area contributed by atoms with Crippen LogP contribution in [0.25, 0.3) is 0 Å². The van der Waals surface area contributed by atoms with E-state index >= 15 is 0 Å². The SMILES string of the molecule is O=S1(=O)CCC(COC=C2CCCC2)CC1. The molecule has 3 nitrogen and oxygen atoms in total. The van der Waals surface area contributed by atoms with Crippen LogP contribution in [0.5, 0.6) is 0 Å². The van der Waals surface area contributed by atoms with Gasteiger partial charge in [-0.1, -0.05) is 0 Å². The third-order valence-corrected chi connectivity index (χ3v) is 5.22. The molecule has 0 radical (unpaired) electrons. The number of allylic oxidation sites excluding steroid dienone is 1. The minimum atomic E-state index is -2.73. The third-order valence-electron chi connectivity index (χ3n) is 3.50. The lowest BCUT2D eigenvalue weighted by Gasteiger charge is -2.21. The number of hydrogen-bond acceptors (Lipinski definition) is 3. The second-order valence-electron chi connectivity index (χ2n) is 4.91. The first-order valence-electron chi connectivity index (χ1n) is 6.16. The molecule has 1 aliphatic carbocycles. The minimum Gasteiger partial charge on any atom is -0.501 e. The maximum Gasteiger partial charge on any atom is 0.150 e. The zero-order chi connectivity index (χ0) is 11.4. The van der Waals surface area contributed by atoms with Crippen LogP contribution in [0, 0.1) is 5.92 Å². The average molecular weight is 244 g/mol. The molecular formula is C12H20O3S. The Morgan fingerprint density at radius 1 is 1.19 bits per heavy atom. The van der Waals surface area contributed by atoms with Gasteiger partial charge in [0.1, 0.15) is 9.84 Å². The van der Waals surface area contributed by atoms with E-state index in [1.807, 2.05) is 6.26 Å². The average Bonchev–Trinajstić information content (AvgIpc) is 2.73. The molecule has 4 heteroatoms. The Bertz CT molecular complexity index is 334. The Morgan fingerprint density at radius 2 is 1.81 bits per heavy atom. The molecule has 16 heavy (non-hydrogen) atoms. The first kappa shape index (κ1) is 12.0. The standard InChI is InChI=1S/C12H20O3S/c13-16(14)7-5-12(6-8-16)10-15-9-11-3-1-2-4-11/h9,12H,1-8,10H2. The van der Waals surface area contributed by atoms with Gasteiger partial charge >= 0.3 is 0 Å². The van der Waals surface area contributed by atoms with Crippen molar-refractivity contribution >= 4 is 9.84 Å². The van der Waals surface area contributed by atoms with Gasteiger partial charge in [0.15, 0.2) is 0 Å². The summed E-state index contributed by atoms with van der Waals surface area (Å²) in [5.74, 6) is 1.12. The summed E-state index contributed by atoms with van der Waals surface area (Å²) in [6.45, 7) is 0.693. The van der Waals surface area contributed by atoms with E-state index in [4.69, 9.17) is 4.74 Å². The van der Waals surface area contributed by atoms with Gasteiger partial charge in [0.05, 0.1) is 24.4 Å². The smallest absolute Gasteiger partial charge is 0.150 e. The summed E-state index contributed by atoms with van der Waals surface area (Å²) in [6.07, 6.45) is 8.39. The molecule has 0 bridgehead atoms. The van der Waals surface area contributed by atoms with E-state index < -0.39 is 9.84 Å². The van der Waals surface area contributed by atoms with Crippen molar-refractivity contribution in [2.24, 2.45) is 5.92 Å². The molecule has 2 aliphatic rings. The molecule has 92 valence electrons. The van der Waals surface area contributed by atoms with E-state index in [-0.39, 0.29) is 0 Å². The summed E-state index contributed by atoms with van der Waals surface area (Å²) in [4.78, 5) is 0. The van der Waals surface area contributed by atoms with Crippen LogP contribution in [0.1, 0.15) is 38.5 Å². The summed E-state index contributed by atoms with van der Waals surface area (Å²) in [5.41, 5.74) is 1.42. The van der Waals surface area contributed by atoms with Gasteiger partial charge in [-0.25, -0.2) is 8.42 Å². The van der Waals surface area contributed by atoms with Crippen molar-refractivity contribution in [3.05, 3.63) is 11.8 Å². The Morgan fingerprint density at radius 3 is 2.44 bits per heavy atom. The van der Waals surface area contributed by atoms with E-state index in [1.54, 1.807) is 0 Å². The van der Waals surface area contributed by atoms with Gasteiger partial charge in [0, 0.05) is 0 Å². The maximum atomic E-state index is 11.2. The lowest BCUT2D eigenvalue weighted by atomic mass is 10.0. The highest BCUT2D eigenvalue weighted by Crippen LogP contribution is 2.24. The number of rotatable bonds is 3. The number of ether oxygens (including phenoxy) is 1. The second-order valence-corrected chi connectivity index (χ2v) is 7.22. The molecule has 0 N–H and O–H groups in total. The van der Waals surface area contributed by atoms with Crippen molar-refractivity contribution < 1.29 is 13.2 Å². The number of hydrogen-bond donors (Lipinski definition) is 0. The van der Waals surface area contributed by atoms with E-state index in [0.717, 1.165) is 12.8 Å². The van der Waals surface area contributed by atoms with Crippen molar-refractivity contribution in [3.63, 3.8) is 0 Å². The normalized spacial score (nSPS) is 25.6. The quantitative estimate of drug-likeness (QED) is 0.715. The second kappa shape index (κ2) is 5.21. The van der Waals surface area contributed by atoms with Crippen molar-refractivity contribution in [2.45, 2.75) is 38.5 Å². The predicted octanol–water partition coefficient (Wildman–Crippen LogP) is 2.29. The highest BCUT2D eigenvalue weighted by molar-refractivity contribution is 7.91. The van der Waals surface area contributed by atoms with E-state index in [2.05, 4.69) is 0 Å². The third kappa shape index (κ3) is 3.51. The number of sulfone groups is 1. The Kier molecular flexibility index (Phi) is 3.90. The molecule has 1 heterocycles. The molecule has 0 aromatic carbocycles. The molecule has 0 atom stereocenters. The van der Waals surface area contributed by atoms with Crippen LogP contribution in [-0.4, -0.2) is 26.5 Å². The van der Waals surface area contributed by atoms with Crippen molar-refractivity contribution in [3.8, 4) is 0 Å². The van der Waals surface area contributed by atoms with Gasteiger partial charge in [0.25, 0.3) is 0 Å². The fourth-order valence-corrected chi connectivity index (χ4v) is 3.94. The fourth-order valence-electron chi connectivity index (χ4n) is 2.35. The molecule has 0 aromatic rings. The van der Waals surface area contributed by atoms with Crippen LogP contribution >= 0.6 is 0 Å². The van der Waals surface area contributed by atoms with Crippen LogP contribution in [0.15, 0.2) is 11.8 Å². The fraction of sp³-hybridized carbons (Fsp3) is 0.833. The van der Waals surface area contributed by atoms with Gasteiger partial charge in [0.2, 0.25) is 0 Å². The molecule has 2 rings (SSSR count). The van der Waals surface area contributed by atoms with Crippen molar-refractivity contribution in [1.82, 2.24) is 0 Å². The highest BCUT2D eigenvalue weighted by atomic mass is 32.2. The summed E-state index contributed by atoms with van der Waals surface area (Å²) in [7, 11) is -2.73. The predicted molar refractivity (Wildman–Crippen MR) is 63.9 cm³/mol. The largest absolute Gasteiger partial charge is 0.501 e. The molecule has 1 aliphatic heterocycles. The molecular weight excluding hydrogens is 224 g/mol. The van der Waals surface area contributed by atoms with E-state index in [0.29, 0.717) is 24.0 Å². The molecule has 0 unspecified atom stereocenters. The zero-order valence-corrected chi connectivity index (χ0v) is 10.5. The summed E-state index contributed by atoms with van der Waals surface area (Å²) in [6, 6.07) is 0. The minimum absolute atomic E-state index is 0.345. The van der Waals surface area contributed by atoms with Gasteiger partial charge in [-0.15, -0.1) is 0 Å². The van der Waals surface area contributed by atoms with E-state index in [9.17, 15) is 8.42 Å². The van der Waals surface area contributed by atoms with Gasteiger partial charge in [-0.05, 0) is 50.0 Å². The molecule has 1 saturated carbocycles. The zero-order valence-electron chi connectivity index (χ0n) is 9.65. The Hall–Kier alpha value is -0.510. The molecule has 2 fully saturated rings. The summed E-state index contributed by atoms with van der Waals surface area (Å²) < 4.78 is 28.0. The van der Waals surface area contributed by atoms with Crippen LogP contribution in [0.2, 0.25) is 0 Å². The lowest BCUT2D eigenvalue weighted by molar-refractivity contribution is 0.184. The van der Waals surface area contributed by atoms with Crippen LogP contribution in [0.3, 0.4) is 0 Å². The molecule has 1 saturated heterocycles. The first-order chi connectivity index (χ1) is 7.66. The molecule has 0 amide bonds. The Labute approximate surface area is 97.8 Å². The topological polar surface area (TPSA) is 43.4 Å². The van der Waals surface area contributed by atoms with Crippen molar-refractivity contribution in [1.29, 1.82) is 0 Å². The summed E-state index contributed by atoms with van der Waals surface area (Å²) >= 11 is 0. The molecule has 0 aromatic heterocycles. The highest BCUT2D eigenvalue weighted by Gasteiger charge is 2.23. The van der Waals surface area contributed by atoms with Gasteiger partial charge in [-0.3, -0.25) is 0 Å². The van der Waals surface area contributed by atoms with Crippen LogP contribution < -0.4 is 0 Å². The maximum absolute atomic E-state index is 11.2. The Balaban J connectivity index is 1.69. The monoisotopic (exact) mass is 244 g/mol. The first-order valence-corrected chi connectivity index (χ1v) is 7.98. The molecule has 0 spiro atoms. The lowest BCUT2D eigenvalue weighted by Crippen LogP contribution is -2.25. The summed E-state index contributed by atoms with van der Waals surface area (Å²) in [5, 5.41) is 0. The van der Waals surface area contributed by atoms with Crippen LogP contribution in [0.4, 0.5) is 0 Å². The van der Waals surface area contributed by atoms with Crippen molar-refractivity contribution in [2.75, 3.05) is 18.1 Å². The van der Waals surface area contributed by atoms with Crippen LogP contribution in [-0.2, 0) is 14.6 Å². The van der Waals surface area contributed by atoms with E-state index in [1.165, 1.54) is 31.3 Å². The van der Waals surface area contributed by atoms with Gasteiger partial charge in [-0.2, -0.15) is 0 Å². The van der Waals surface area contributed by atoms with Gasteiger partial charge < -0.3 is 4.74 Å².